The van der Waals surface area contributed by atoms with Crippen molar-refractivity contribution in [3.63, 3.8) is 0 Å². The lowest BCUT2D eigenvalue weighted by Gasteiger charge is -2.18. The van der Waals surface area contributed by atoms with Crippen LogP contribution in [0.2, 0.25) is 0 Å². The van der Waals surface area contributed by atoms with Crippen molar-refractivity contribution < 1.29 is 18.0 Å². The van der Waals surface area contributed by atoms with Gasteiger partial charge < -0.3 is 10.2 Å². The molecule has 1 amide bonds. The Labute approximate surface area is 150 Å². The Bertz CT molecular complexity index is 732. The third kappa shape index (κ3) is 4.74. The molecule has 0 saturated carbocycles. The number of rotatable bonds is 5. The molecule has 3 rings (SSSR count). The van der Waals surface area contributed by atoms with Gasteiger partial charge in [-0.3, -0.25) is 4.79 Å². The van der Waals surface area contributed by atoms with Crippen LogP contribution < -0.4 is 10.2 Å². The number of carbonyl (C=O) groups is 1. The van der Waals surface area contributed by atoms with Crippen molar-refractivity contribution in [1.82, 2.24) is 10.3 Å². The maximum absolute atomic E-state index is 12.6. The molecular formula is C19H20F3N3O. The average Bonchev–Trinajstić information content (AvgIpc) is 3.09. The van der Waals surface area contributed by atoms with Crippen LogP contribution in [0.4, 0.5) is 19.0 Å². The van der Waals surface area contributed by atoms with Gasteiger partial charge in [-0.2, -0.15) is 13.2 Å². The van der Waals surface area contributed by atoms with E-state index in [2.05, 4.69) is 10.3 Å². The van der Waals surface area contributed by atoms with Crippen molar-refractivity contribution in [2.24, 2.45) is 0 Å². The summed E-state index contributed by atoms with van der Waals surface area (Å²) in [6, 6.07) is 12.2. The Kier molecular flexibility index (Phi) is 5.44. The second-order valence-electron chi connectivity index (χ2n) is 6.39. The summed E-state index contributed by atoms with van der Waals surface area (Å²) in [4.78, 5) is 17.9. The zero-order chi connectivity index (χ0) is 18.6. The Morgan fingerprint density at radius 1 is 1.19 bits per heavy atom. The summed E-state index contributed by atoms with van der Waals surface area (Å²) in [5.74, 6) is 0.486. The van der Waals surface area contributed by atoms with Gasteiger partial charge in [0, 0.05) is 31.7 Å². The van der Waals surface area contributed by atoms with Crippen LogP contribution in [0.1, 0.15) is 24.0 Å². The molecule has 0 bridgehead atoms. The van der Waals surface area contributed by atoms with E-state index in [1.807, 2.05) is 35.2 Å². The summed E-state index contributed by atoms with van der Waals surface area (Å²) in [5.41, 5.74) is 0.357. The van der Waals surface area contributed by atoms with Crippen molar-refractivity contribution in [3.8, 4) is 0 Å². The molecule has 0 aliphatic carbocycles. The number of halogens is 3. The van der Waals surface area contributed by atoms with E-state index in [9.17, 15) is 18.0 Å². The zero-order valence-electron chi connectivity index (χ0n) is 14.2. The van der Waals surface area contributed by atoms with Gasteiger partial charge >= 0.3 is 6.18 Å². The SMILES string of the molecule is O=C(CCc1ccccc1)NC1CCN(c2ccc(C(F)(F)F)cn2)C1. The number of hydrogen-bond donors (Lipinski definition) is 1. The minimum absolute atomic E-state index is 0.0117. The highest BCUT2D eigenvalue weighted by Crippen LogP contribution is 2.29. The standard InChI is InChI=1S/C19H20F3N3O/c20-19(21,22)15-7-8-17(23-12-15)25-11-10-16(13-25)24-18(26)9-6-14-4-2-1-3-5-14/h1-5,7-8,12,16H,6,9-11,13H2,(H,24,26). The van der Waals surface area contributed by atoms with E-state index in [-0.39, 0.29) is 11.9 Å². The number of carbonyl (C=O) groups excluding carboxylic acids is 1. The molecular weight excluding hydrogens is 343 g/mol. The molecule has 1 aliphatic heterocycles. The van der Waals surface area contributed by atoms with E-state index < -0.39 is 11.7 Å². The molecule has 1 fully saturated rings. The number of nitrogens with one attached hydrogen (secondary N) is 1. The summed E-state index contributed by atoms with van der Waals surface area (Å²) in [7, 11) is 0. The van der Waals surface area contributed by atoms with Gasteiger partial charge in [-0.25, -0.2) is 4.98 Å². The van der Waals surface area contributed by atoms with Crippen LogP contribution in [-0.4, -0.2) is 30.0 Å². The number of amides is 1. The van der Waals surface area contributed by atoms with Gasteiger partial charge in [0.15, 0.2) is 0 Å². The van der Waals surface area contributed by atoms with Gasteiger partial charge in [0.2, 0.25) is 5.91 Å². The van der Waals surface area contributed by atoms with Crippen LogP contribution >= 0.6 is 0 Å². The van der Waals surface area contributed by atoms with Crippen LogP contribution in [0.25, 0.3) is 0 Å². The highest BCUT2D eigenvalue weighted by Gasteiger charge is 2.31. The van der Waals surface area contributed by atoms with Crippen molar-refractivity contribution >= 4 is 11.7 Å². The second kappa shape index (κ2) is 7.76. The van der Waals surface area contributed by atoms with Crippen LogP contribution in [0.15, 0.2) is 48.7 Å². The average molecular weight is 363 g/mol. The molecule has 0 radical (unpaired) electrons. The smallest absolute Gasteiger partial charge is 0.354 e. The number of hydrogen-bond acceptors (Lipinski definition) is 3. The monoisotopic (exact) mass is 363 g/mol. The van der Waals surface area contributed by atoms with Crippen molar-refractivity contribution in [2.75, 3.05) is 18.0 Å². The van der Waals surface area contributed by atoms with Crippen molar-refractivity contribution in [1.29, 1.82) is 0 Å². The summed E-state index contributed by atoms with van der Waals surface area (Å²) in [6.45, 7) is 1.21. The van der Waals surface area contributed by atoms with Gasteiger partial charge in [0.25, 0.3) is 0 Å². The third-order valence-corrected chi connectivity index (χ3v) is 4.44. The fraction of sp³-hybridized carbons (Fsp3) is 0.368. The first kappa shape index (κ1) is 18.2. The van der Waals surface area contributed by atoms with Crippen molar-refractivity contribution in [3.05, 3.63) is 59.8 Å². The Hall–Kier alpha value is -2.57. The fourth-order valence-electron chi connectivity index (χ4n) is 3.03. The van der Waals surface area contributed by atoms with Gasteiger partial charge in [-0.1, -0.05) is 30.3 Å². The van der Waals surface area contributed by atoms with Crippen LogP contribution in [0.5, 0.6) is 0 Å². The molecule has 1 aliphatic rings. The molecule has 1 saturated heterocycles. The van der Waals surface area contributed by atoms with Crippen LogP contribution in [-0.2, 0) is 17.4 Å². The minimum Gasteiger partial charge on any atom is -0.354 e. The molecule has 1 atom stereocenters. The van der Waals surface area contributed by atoms with Gasteiger partial charge in [-0.05, 0) is 30.5 Å². The lowest BCUT2D eigenvalue weighted by atomic mass is 10.1. The molecule has 0 spiro atoms. The van der Waals surface area contributed by atoms with E-state index in [1.165, 1.54) is 6.07 Å². The molecule has 1 unspecified atom stereocenters. The largest absolute Gasteiger partial charge is 0.417 e. The quantitative estimate of drug-likeness (QED) is 0.885. The number of aromatic nitrogens is 1. The Morgan fingerprint density at radius 2 is 1.96 bits per heavy atom. The Balaban J connectivity index is 1.48. The molecule has 2 aromatic rings. The summed E-state index contributed by atoms with van der Waals surface area (Å²) in [5, 5.41) is 3.00. The first-order chi connectivity index (χ1) is 12.4. The fourth-order valence-corrected chi connectivity index (χ4v) is 3.03. The number of alkyl halides is 3. The maximum atomic E-state index is 12.6. The lowest BCUT2D eigenvalue weighted by molar-refractivity contribution is -0.137. The zero-order valence-corrected chi connectivity index (χ0v) is 14.2. The summed E-state index contributed by atoms with van der Waals surface area (Å²) >= 11 is 0. The molecule has 1 aromatic heterocycles. The van der Waals surface area contributed by atoms with E-state index in [0.29, 0.717) is 31.7 Å². The first-order valence-electron chi connectivity index (χ1n) is 8.53. The molecule has 2 heterocycles. The van der Waals surface area contributed by atoms with Gasteiger partial charge in [-0.15, -0.1) is 0 Å². The minimum atomic E-state index is -4.38. The highest BCUT2D eigenvalue weighted by atomic mass is 19.4. The number of anilines is 1. The van der Waals surface area contributed by atoms with Gasteiger partial charge in [0.1, 0.15) is 5.82 Å². The molecule has 1 aromatic carbocycles. The van der Waals surface area contributed by atoms with Crippen LogP contribution in [0.3, 0.4) is 0 Å². The molecule has 4 nitrogen and oxygen atoms in total. The topological polar surface area (TPSA) is 45.2 Å². The molecule has 1 N–H and O–H groups in total. The summed E-state index contributed by atoms with van der Waals surface area (Å²) in [6.07, 6.45) is -1.69. The predicted molar refractivity (Wildman–Crippen MR) is 92.8 cm³/mol. The maximum Gasteiger partial charge on any atom is 0.417 e. The normalized spacial score (nSPS) is 17.3. The summed E-state index contributed by atoms with van der Waals surface area (Å²) < 4.78 is 37.8. The lowest BCUT2D eigenvalue weighted by Crippen LogP contribution is -2.37. The molecule has 7 heteroatoms. The van der Waals surface area contributed by atoms with E-state index >= 15 is 0 Å². The Morgan fingerprint density at radius 3 is 2.62 bits per heavy atom. The highest BCUT2D eigenvalue weighted by molar-refractivity contribution is 5.76. The van der Waals surface area contributed by atoms with Crippen LogP contribution in [0, 0.1) is 0 Å². The second-order valence-corrected chi connectivity index (χ2v) is 6.39. The van der Waals surface area contributed by atoms with E-state index in [4.69, 9.17) is 0 Å². The molecule has 138 valence electrons. The first-order valence-corrected chi connectivity index (χ1v) is 8.53. The number of pyridine rings is 1. The number of nitrogens with zero attached hydrogens (tertiary/aromatic N) is 2. The number of aryl methyl sites for hydroxylation is 1. The van der Waals surface area contributed by atoms with Gasteiger partial charge in [0.05, 0.1) is 5.56 Å². The number of benzene rings is 1. The van der Waals surface area contributed by atoms with Crippen molar-refractivity contribution in [2.45, 2.75) is 31.5 Å². The van der Waals surface area contributed by atoms with E-state index in [0.717, 1.165) is 24.2 Å². The molecule has 26 heavy (non-hydrogen) atoms. The third-order valence-electron chi connectivity index (χ3n) is 4.44. The predicted octanol–water partition coefficient (Wildman–Crippen LogP) is 3.43. The van der Waals surface area contributed by atoms with E-state index in [1.54, 1.807) is 0 Å².